The molecule has 20 heavy (non-hydrogen) atoms. The number of carbonyl (C=O) groups excluding carboxylic acids is 1. The van der Waals surface area contributed by atoms with E-state index < -0.39 is 0 Å². The lowest BCUT2D eigenvalue weighted by atomic mass is 10.0. The summed E-state index contributed by atoms with van der Waals surface area (Å²) in [5.41, 5.74) is 1.87. The third-order valence-corrected chi connectivity index (χ3v) is 3.04. The maximum absolute atomic E-state index is 12.1. The zero-order valence-corrected chi connectivity index (χ0v) is 11.7. The maximum atomic E-state index is 12.1. The highest BCUT2D eigenvalue weighted by molar-refractivity contribution is 5.96. The van der Waals surface area contributed by atoms with Crippen molar-refractivity contribution in [1.29, 1.82) is 0 Å². The highest BCUT2D eigenvalue weighted by Gasteiger charge is 2.06. The maximum Gasteiger partial charge on any atom is 0.163 e. The summed E-state index contributed by atoms with van der Waals surface area (Å²) in [6.07, 6.45) is 5.74. The first kappa shape index (κ1) is 14.3. The summed E-state index contributed by atoms with van der Waals surface area (Å²) in [4.78, 5) is 16.1. The standard InChI is InChI=1S/C17H19NO2/c1-2-13-20-16-6-4-15(5-7-16)17(19)8-3-14-9-11-18-12-10-14/h4-7,9-12H,2-3,8,13H2,1H3. The van der Waals surface area contributed by atoms with Crippen LogP contribution in [0.5, 0.6) is 5.75 Å². The van der Waals surface area contributed by atoms with Crippen molar-refractivity contribution in [3.05, 3.63) is 59.9 Å². The molecule has 0 unspecified atom stereocenters. The van der Waals surface area contributed by atoms with Crippen LogP contribution in [0, 0.1) is 0 Å². The summed E-state index contributed by atoms with van der Waals surface area (Å²) in [6.45, 7) is 2.77. The lowest BCUT2D eigenvalue weighted by Crippen LogP contribution is -2.02. The molecule has 0 atom stereocenters. The smallest absolute Gasteiger partial charge is 0.163 e. The second-order valence-corrected chi connectivity index (χ2v) is 4.65. The average Bonchev–Trinajstić information content (AvgIpc) is 2.52. The van der Waals surface area contributed by atoms with E-state index in [4.69, 9.17) is 4.74 Å². The molecular formula is C17H19NO2. The topological polar surface area (TPSA) is 39.2 Å². The van der Waals surface area contributed by atoms with Gasteiger partial charge in [0.1, 0.15) is 5.75 Å². The van der Waals surface area contributed by atoms with Gasteiger partial charge in [-0.25, -0.2) is 0 Å². The van der Waals surface area contributed by atoms with E-state index in [0.29, 0.717) is 13.0 Å². The van der Waals surface area contributed by atoms with Crippen LogP contribution in [0.1, 0.15) is 35.7 Å². The summed E-state index contributed by atoms with van der Waals surface area (Å²) in [7, 11) is 0. The van der Waals surface area contributed by atoms with Gasteiger partial charge in [0.2, 0.25) is 0 Å². The van der Waals surface area contributed by atoms with E-state index in [9.17, 15) is 4.79 Å². The Kier molecular flexibility index (Phi) is 5.30. The molecule has 0 radical (unpaired) electrons. The van der Waals surface area contributed by atoms with E-state index in [1.54, 1.807) is 12.4 Å². The van der Waals surface area contributed by atoms with E-state index in [0.717, 1.165) is 29.7 Å². The van der Waals surface area contributed by atoms with E-state index in [2.05, 4.69) is 11.9 Å². The predicted molar refractivity (Wildman–Crippen MR) is 79.1 cm³/mol. The highest BCUT2D eigenvalue weighted by Crippen LogP contribution is 2.14. The molecule has 0 saturated heterocycles. The first-order valence-electron chi connectivity index (χ1n) is 6.94. The first-order valence-corrected chi connectivity index (χ1v) is 6.94. The Morgan fingerprint density at radius 2 is 1.80 bits per heavy atom. The third-order valence-electron chi connectivity index (χ3n) is 3.04. The number of aryl methyl sites for hydroxylation is 1. The van der Waals surface area contributed by atoms with Crippen LogP contribution in [-0.2, 0) is 6.42 Å². The van der Waals surface area contributed by atoms with Crippen molar-refractivity contribution >= 4 is 5.78 Å². The molecule has 1 heterocycles. The van der Waals surface area contributed by atoms with Gasteiger partial charge in [-0.05, 0) is 54.8 Å². The number of Topliss-reactive ketones (excluding diaryl/α,β-unsaturated/α-hetero) is 1. The van der Waals surface area contributed by atoms with Crippen molar-refractivity contribution in [2.75, 3.05) is 6.61 Å². The van der Waals surface area contributed by atoms with Crippen molar-refractivity contribution in [1.82, 2.24) is 4.98 Å². The van der Waals surface area contributed by atoms with Crippen molar-refractivity contribution in [2.24, 2.45) is 0 Å². The molecule has 2 rings (SSSR count). The van der Waals surface area contributed by atoms with Crippen molar-refractivity contribution in [3.63, 3.8) is 0 Å². The molecule has 0 fully saturated rings. The number of pyridine rings is 1. The molecule has 0 aliphatic rings. The normalized spacial score (nSPS) is 10.2. The first-order chi connectivity index (χ1) is 9.79. The fraction of sp³-hybridized carbons (Fsp3) is 0.294. The minimum absolute atomic E-state index is 0.156. The summed E-state index contributed by atoms with van der Waals surface area (Å²) >= 11 is 0. The molecule has 0 bridgehead atoms. The summed E-state index contributed by atoms with van der Waals surface area (Å²) in [5, 5.41) is 0. The lowest BCUT2D eigenvalue weighted by molar-refractivity contribution is 0.0983. The molecule has 0 aliphatic heterocycles. The second kappa shape index (κ2) is 7.43. The Morgan fingerprint density at radius 3 is 2.45 bits per heavy atom. The van der Waals surface area contributed by atoms with Crippen LogP contribution in [0.25, 0.3) is 0 Å². The molecule has 3 heteroatoms. The van der Waals surface area contributed by atoms with E-state index >= 15 is 0 Å². The Hall–Kier alpha value is -2.16. The van der Waals surface area contributed by atoms with Gasteiger partial charge in [-0.1, -0.05) is 6.92 Å². The molecule has 1 aromatic heterocycles. The second-order valence-electron chi connectivity index (χ2n) is 4.65. The van der Waals surface area contributed by atoms with Gasteiger partial charge in [0.05, 0.1) is 6.61 Å². The molecule has 2 aromatic rings. The Bertz CT molecular complexity index is 535. The SMILES string of the molecule is CCCOc1ccc(C(=O)CCc2ccncc2)cc1. The minimum Gasteiger partial charge on any atom is -0.494 e. The van der Waals surface area contributed by atoms with Gasteiger partial charge >= 0.3 is 0 Å². The number of ketones is 1. The fourth-order valence-electron chi connectivity index (χ4n) is 1.91. The van der Waals surface area contributed by atoms with Gasteiger partial charge < -0.3 is 4.74 Å². The third kappa shape index (κ3) is 4.19. The van der Waals surface area contributed by atoms with Crippen LogP contribution in [0.4, 0.5) is 0 Å². The predicted octanol–water partition coefficient (Wildman–Crippen LogP) is 3.69. The molecule has 0 N–H and O–H groups in total. The molecule has 0 saturated carbocycles. The summed E-state index contributed by atoms with van der Waals surface area (Å²) in [5.74, 6) is 0.974. The van der Waals surface area contributed by atoms with Crippen LogP contribution in [-0.4, -0.2) is 17.4 Å². The molecular weight excluding hydrogens is 250 g/mol. The van der Waals surface area contributed by atoms with E-state index in [-0.39, 0.29) is 5.78 Å². The molecule has 0 amide bonds. The molecule has 0 aliphatic carbocycles. The molecule has 1 aromatic carbocycles. The largest absolute Gasteiger partial charge is 0.494 e. The fourth-order valence-corrected chi connectivity index (χ4v) is 1.91. The van der Waals surface area contributed by atoms with Crippen molar-refractivity contribution in [3.8, 4) is 5.75 Å². The highest BCUT2D eigenvalue weighted by atomic mass is 16.5. The number of nitrogens with zero attached hydrogens (tertiary/aromatic N) is 1. The molecule has 0 spiro atoms. The Labute approximate surface area is 119 Å². The van der Waals surface area contributed by atoms with Crippen molar-refractivity contribution < 1.29 is 9.53 Å². The van der Waals surface area contributed by atoms with Gasteiger partial charge in [0.25, 0.3) is 0 Å². The van der Waals surface area contributed by atoms with Gasteiger partial charge in [-0.15, -0.1) is 0 Å². The molecule has 3 nitrogen and oxygen atoms in total. The van der Waals surface area contributed by atoms with E-state index in [1.807, 2.05) is 36.4 Å². The van der Waals surface area contributed by atoms with Gasteiger partial charge in [-0.2, -0.15) is 0 Å². The number of rotatable bonds is 7. The average molecular weight is 269 g/mol. The monoisotopic (exact) mass is 269 g/mol. The van der Waals surface area contributed by atoms with Crippen LogP contribution < -0.4 is 4.74 Å². The Morgan fingerprint density at radius 1 is 1.10 bits per heavy atom. The van der Waals surface area contributed by atoms with Crippen LogP contribution in [0.15, 0.2) is 48.8 Å². The van der Waals surface area contributed by atoms with Crippen LogP contribution in [0.2, 0.25) is 0 Å². The number of aromatic nitrogens is 1. The number of benzene rings is 1. The van der Waals surface area contributed by atoms with Crippen LogP contribution in [0.3, 0.4) is 0 Å². The molecule has 104 valence electrons. The number of hydrogen-bond acceptors (Lipinski definition) is 3. The quantitative estimate of drug-likeness (QED) is 0.720. The van der Waals surface area contributed by atoms with E-state index in [1.165, 1.54) is 0 Å². The number of carbonyl (C=O) groups is 1. The van der Waals surface area contributed by atoms with Gasteiger partial charge in [-0.3, -0.25) is 9.78 Å². The van der Waals surface area contributed by atoms with Crippen LogP contribution >= 0.6 is 0 Å². The van der Waals surface area contributed by atoms with Gasteiger partial charge in [0, 0.05) is 24.4 Å². The van der Waals surface area contributed by atoms with Gasteiger partial charge in [0.15, 0.2) is 5.78 Å². The Balaban J connectivity index is 1.89. The van der Waals surface area contributed by atoms with Crippen molar-refractivity contribution in [2.45, 2.75) is 26.2 Å². The summed E-state index contributed by atoms with van der Waals surface area (Å²) in [6, 6.07) is 11.3. The zero-order chi connectivity index (χ0) is 14.2. The zero-order valence-electron chi connectivity index (χ0n) is 11.7. The number of hydrogen-bond donors (Lipinski definition) is 0. The summed E-state index contributed by atoms with van der Waals surface area (Å²) < 4.78 is 5.50. The lowest BCUT2D eigenvalue weighted by Gasteiger charge is -2.05. The minimum atomic E-state index is 0.156. The number of ether oxygens (including phenoxy) is 1.